The number of hydrogen-bond donors (Lipinski definition) is 1. The van der Waals surface area contributed by atoms with Gasteiger partial charge >= 0.3 is 0 Å². The van der Waals surface area contributed by atoms with E-state index < -0.39 is 15.7 Å². The van der Waals surface area contributed by atoms with Crippen LogP contribution >= 0.6 is 0 Å². The molecular formula is C29H32N6O2S. The largest absolute Gasteiger partial charge is 0.436 e. The molecule has 38 heavy (non-hydrogen) atoms. The Morgan fingerprint density at radius 1 is 1.08 bits per heavy atom. The van der Waals surface area contributed by atoms with Gasteiger partial charge < -0.3 is 9.64 Å². The molecule has 0 bridgehead atoms. The highest BCUT2D eigenvalue weighted by Crippen LogP contribution is 2.56. The first-order chi connectivity index (χ1) is 18.3. The summed E-state index contributed by atoms with van der Waals surface area (Å²) in [6.07, 6.45) is 9.05. The second-order valence-corrected chi connectivity index (χ2v) is 12.8. The minimum absolute atomic E-state index is 0.122. The van der Waals surface area contributed by atoms with Gasteiger partial charge in [0.25, 0.3) is 5.88 Å². The molecule has 8 nitrogen and oxygen atoms in total. The van der Waals surface area contributed by atoms with E-state index in [-0.39, 0.29) is 5.41 Å². The SMILES string of the molecule is CC(C)(C[C@@H]1c2ccccc2CC12CCN(c1ncc(Oc3cccc4cnccc34)nn1)CC2)S(N)=O. The molecule has 1 unspecified atom stereocenters. The van der Waals surface area contributed by atoms with Gasteiger partial charge in [-0.05, 0) is 74.1 Å². The molecule has 3 heterocycles. The van der Waals surface area contributed by atoms with Gasteiger partial charge in [-0.25, -0.2) is 9.19 Å². The molecule has 1 saturated heterocycles. The van der Waals surface area contributed by atoms with E-state index in [1.165, 1.54) is 11.1 Å². The van der Waals surface area contributed by atoms with Gasteiger partial charge in [-0.15, -0.1) is 10.2 Å². The average Bonchev–Trinajstić information content (AvgIpc) is 3.21. The highest BCUT2D eigenvalue weighted by atomic mass is 32.2. The number of piperidine rings is 1. The molecule has 196 valence electrons. The molecule has 2 aromatic carbocycles. The van der Waals surface area contributed by atoms with E-state index in [0.29, 0.717) is 23.5 Å². The standard InChI is InChI=1S/C29H32N6O2S/c1-28(2,38(30)36)17-24-22-8-4-3-6-20(22)16-29(24)11-14-35(15-12-29)27-32-19-26(33-34-27)37-25-9-5-7-21-18-31-13-10-23(21)25/h3-10,13,18-19,24H,11-12,14-17,30H2,1-2H3/t24-,38?/m1/s1. The van der Waals surface area contributed by atoms with Crippen LogP contribution < -0.4 is 14.8 Å². The van der Waals surface area contributed by atoms with Crippen LogP contribution in [0.2, 0.25) is 0 Å². The van der Waals surface area contributed by atoms with Crippen LogP contribution in [0.1, 0.15) is 50.2 Å². The van der Waals surface area contributed by atoms with Crippen molar-refractivity contribution in [1.29, 1.82) is 0 Å². The molecule has 6 rings (SSSR count). The van der Waals surface area contributed by atoms with Crippen LogP contribution in [-0.4, -0.2) is 42.2 Å². The number of anilines is 1. The minimum Gasteiger partial charge on any atom is -0.436 e. The zero-order valence-electron chi connectivity index (χ0n) is 21.7. The highest BCUT2D eigenvalue weighted by molar-refractivity contribution is 7.84. The lowest BCUT2D eigenvalue weighted by molar-refractivity contribution is 0.170. The summed E-state index contributed by atoms with van der Waals surface area (Å²) in [4.78, 5) is 11.0. The van der Waals surface area contributed by atoms with Crippen LogP contribution in [0.5, 0.6) is 11.6 Å². The predicted molar refractivity (Wildman–Crippen MR) is 149 cm³/mol. The maximum Gasteiger partial charge on any atom is 0.257 e. The summed E-state index contributed by atoms with van der Waals surface area (Å²) in [7, 11) is -1.39. The van der Waals surface area contributed by atoms with Gasteiger partial charge in [-0.2, -0.15) is 0 Å². The first-order valence-electron chi connectivity index (χ1n) is 13.0. The Labute approximate surface area is 225 Å². The van der Waals surface area contributed by atoms with Crippen LogP contribution in [0.25, 0.3) is 10.8 Å². The Morgan fingerprint density at radius 2 is 1.89 bits per heavy atom. The van der Waals surface area contributed by atoms with Crippen molar-refractivity contribution in [2.75, 3.05) is 18.0 Å². The molecule has 0 amide bonds. The van der Waals surface area contributed by atoms with E-state index in [4.69, 9.17) is 9.88 Å². The molecular weight excluding hydrogens is 496 g/mol. The van der Waals surface area contributed by atoms with E-state index in [1.54, 1.807) is 12.4 Å². The Hall–Kier alpha value is -3.43. The van der Waals surface area contributed by atoms with Gasteiger partial charge in [0.15, 0.2) is 0 Å². The highest BCUT2D eigenvalue weighted by Gasteiger charge is 2.49. The summed E-state index contributed by atoms with van der Waals surface area (Å²) in [6, 6.07) is 16.5. The van der Waals surface area contributed by atoms with Crippen molar-refractivity contribution >= 4 is 27.7 Å². The van der Waals surface area contributed by atoms with Crippen LogP contribution in [0, 0.1) is 5.41 Å². The number of fused-ring (bicyclic) bond motifs is 2. The summed E-state index contributed by atoms with van der Waals surface area (Å²) < 4.78 is 17.9. The molecule has 0 radical (unpaired) electrons. The number of hydrogen-bond acceptors (Lipinski definition) is 7. The summed E-state index contributed by atoms with van der Waals surface area (Å²) >= 11 is 0. The van der Waals surface area contributed by atoms with Crippen LogP contribution in [0.3, 0.4) is 0 Å². The number of aromatic nitrogens is 4. The molecule has 2 aromatic heterocycles. The second kappa shape index (κ2) is 9.71. The number of ether oxygens (including phenoxy) is 1. The number of rotatable bonds is 6. The van der Waals surface area contributed by atoms with E-state index in [2.05, 4.69) is 49.3 Å². The second-order valence-electron chi connectivity index (χ2n) is 11.1. The Morgan fingerprint density at radius 3 is 2.66 bits per heavy atom. The van der Waals surface area contributed by atoms with E-state index in [9.17, 15) is 4.21 Å². The van der Waals surface area contributed by atoms with E-state index in [1.807, 2.05) is 44.3 Å². The van der Waals surface area contributed by atoms with Crippen molar-refractivity contribution in [3.05, 3.63) is 78.2 Å². The molecule has 2 N–H and O–H groups in total. The van der Waals surface area contributed by atoms with Gasteiger partial charge in [0.2, 0.25) is 5.95 Å². The van der Waals surface area contributed by atoms with E-state index in [0.717, 1.165) is 49.5 Å². The van der Waals surface area contributed by atoms with Crippen molar-refractivity contribution in [2.45, 2.75) is 50.2 Å². The Balaban J connectivity index is 1.17. The molecule has 4 aromatic rings. The maximum absolute atomic E-state index is 12.3. The Kier molecular flexibility index (Phi) is 6.36. The molecule has 1 aliphatic heterocycles. The fraction of sp³-hybridized carbons (Fsp3) is 0.379. The fourth-order valence-electron chi connectivity index (χ4n) is 6.19. The zero-order valence-corrected chi connectivity index (χ0v) is 22.5. The number of nitrogens with zero attached hydrogens (tertiary/aromatic N) is 5. The zero-order chi connectivity index (χ0) is 26.3. The first kappa shape index (κ1) is 24.9. The number of nitrogens with two attached hydrogens (primary N) is 1. The lowest BCUT2D eigenvalue weighted by atomic mass is 9.67. The van der Waals surface area contributed by atoms with Crippen molar-refractivity contribution in [2.24, 2.45) is 10.6 Å². The third-order valence-electron chi connectivity index (χ3n) is 8.38. The van der Waals surface area contributed by atoms with Crippen LogP contribution in [0.15, 0.2) is 67.1 Å². The molecule has 1 fully saturated rings. The molecule has 9 heteroatoms. The third-order valence-corrected chi connectivity index (χ3v) is 9.63. The maximum atomic E-state index is 12.3. The van der Waals surface area contributed by atoms with Gasteiger partial charge in [-0.1, -0.05) is 36.4 Å². The Bertz CT molecular complexity index is 1480. The molecule has 2 atom stereocenters. The smallest absolute Gasteiger partial charge is 0.257 e. The lowest BCUT2D eigenvalue weighted by Gasteiger charge is -2.45. The van der Waals surface area contributed by atoms with Gasteiger partial charge in [0, 0.05) is 36.3 Å². The predicted octanol–water partition coefficient (Wildman–Crippen LogP) is 4.93. The normalized spacial score (nSPS) is 19.4. The number of pyridine rings is 1. The fourth-order valence-corrected chi connectivity index (χ4v) is 6.52. The summed E-state index contributed by atoms with van der Waals surface area (Å²) in [5.74, 6) is 2.00. The molecule has 1 spiro atoms. The summed E-state index contributed by atoms with van der Waals surface area (Å²) in [5, 5.41) is 16.6. The van der Waals surface area contributed by atoms with Crippen molar-refractivity contribution in [3.63, 3.8) is 0 Å². The quantitative estimate of drug-likeness (QED) is 0.378. The van der Waals surface area contributed by atoms with Crippen LogP contribution in [-0.2, 0) is 17.4 Å². The summed E-state index contributed by atoms with van der Waals surface area (Å²) in [6.45, 7) is 5.72. The number of benzene rings is 2. The lowest BCUT2D eigenvalue weighted by Crippen LogP contribution is -2.45. The summed E-state index contributed by atoms with van der Waals surface area (Å²) in [5.41, 5.74) is 2.92. The molecule has 2 aliphatic rings. The first-order valence-corrected chi connectivity index (χ1v) is 14.3. The molecule has 1 aliphatic carbocycles. The third kappa shape index (κ3) is 4.54. The molecule has 0 saturated carbocycles. The van der Waals surface area contributed by atoms with Crippen molar-refractivity contribution in [1.82, 2.24) is 20.2 Å². The monoisotopic (exact) mass is 528 g/mol. The van der Waals surface area contributed by atoms with Crippen LogP contribution in [0.4, 0.5) is 5.95 Å². The van der Waals surface area contributed by atoms with Gasteiger partial charge in [-0.3, -0.25) is 10.1 Å². The topological polar surface area (TPSA) is 107 Å². The van der Waals surface area contributed by atoms with Crippen molar-refractivity contribution < 1.29 is 8.95 Å². The van der Waals surface area contributed by atoms with E-state index >= 15 is 0 Å². The van der Waals surface area contributed by atoms with Gasteiger partial charge in [0.05, 0.1) is 21.9 Å². The van der Waals surface area contributed by atoms with Crippen molar-refractivity contribution in [3.8, 4) is 11.6 Å². The average molecular weight is 529 g/mol. The van der Waals surface area contributed by atoms with Gasteiger partial charge in [0.1, 0.15) is 5.75 Å². The minimum atomic E-state index is -1.39.